The van der Waals surface area contributed by atoms with Gasteiger partial charge in [0.15, 0.2) is 0 Å². The number of rotatable bonds is 10. The predicted molar refractivity (Wildman–Crippen MR) is 100 cm³/mol. The first-order valence-electron chi connectivity index (χ1n) is 8.12. The normalized spacial score (nSPS) is 16.9. The molecule has 0 bridgehead atoms. The molecule has 0 aromatic heterocycles. The third-order valence-electron chi connectivity index (χ3n) is 3.77. The fourth-order valence-corrected chi connectivity index (χ4v) is 4.40. The van der Waals surface area contributed by atoms with Crippen molar-refractivity contribution in [2.75, 3.05) is 24.6 Å². The van der Waals surface area contributed by atoms with Crippen LogP contribution in [0.1, 0.15) is 18.4 Å². The van der Waals surface area contributed by atoms with Gasteiger partial charge in [-0.3, -0.25) is 14.4 Å². The Morgan fingerprint density at radius 1 is 1.20 bits per heavy atom. The van der Waals surface area contributed by atoms with E-state index in [4.69, 9.17) is 5.11 Å². The molecule has 1 atom stereocenters. The monoisotopic (exact) mass is 382 g/mol. The number of hydrogen-bond acceptors (Lipinski definition) is 5. The minimum Gasteiger partial charge on any atom is -0.481 e. The third-order valence-corrected chi connectivity index (χ3v) is 6.18. The number of likely N-dealkylation sites (tertiary alicyclic amines) is 1. The molecule has 1 heterocycles. The first kappa shape index (κ1) is 19.7. The molecule has 136 valence electrons. The molecule has 1 aromatic rings. The minimum absolute atomic E-state index is 0.0163. The molecule has 2 rings (SSSR count). The number of carboxylic acids is 1. The molecule has 6 nitrogen and oxygen atoms in total. The van der Waals surface area contributed by atoms with E-state index >= 15 is 0 Å². The maximum Gasteiger partial charge on any atom is 0.304 e. The second-order valence-corrected chi connectivity index (χ2v) is 8.44. The van der Waals surface area contributed by atoms with Gasteiger partial charge in [-0.15, -0.1) is 0 Å². The lowest BCUT2D eigenvalue weighted by Crippen LogP contribution is -2.34. The Morgan fingerprint density at radius 2 is 1.92 bits per heavy atom. The first-order valence-corrected chi connectivity index (χ1v) is 10.6. The van der Waals surface area contributed by atoms with Crippen LogP contribution in [-0.4, -0.2) is 52.4 Å². The minimum atomic E-state index is -0.799. The van der Waals surface area contributed by atoms with E-state index in [0.29, 0.717) is 31.1 Å². The molecule has 1 aliphatic heterocycles. The zero-order valence-corrected chi connectivity index (χ0v) is 15.5. The van der Waals surface area contributed by atoms with Crippen LogP contribution in [0.3, 0.4) is 0 Å². The van der Waals surface area contributed by atoms with Crippen molar-refractivity contribution in [3.8, 4) is 0 Å². The summed E-state index contributed by atoms with van der Waals surface area (Å²) < 4.78 is 0. The van der Waals surface area contributed by atoms with Gasteiger partial charge < -0.3 is 15.3 Å². The van der Waals surface area contributed by atoms with E-state index in [0.717, 1.165) is 5.56 Å². The summed E-state index contributed by atoms with van der Waals surface area (Å²) >= 11 is 0. The second-order valence-electron chi connectivity index (χ2n) is 5.74. The van der Waals surface area contributed by atoms with Crippen LogP contribution in [0, 0.1) is 5.92 Å². The molecule has 8 heteroatoms. The number of hydrogen-bond donors (Lipinski definition) is 2. The van der Waals surface area contributed by atoms with E-state index in [1.165, 1.54) is 10.8 Å². The SMILES string of the molecule is O=C(O)CCSSCCNC(=O)C1CC(=O)N(Cc2ccccc2)C1. The lowest BCUT2D eigenvalue weighted by Gasteiger charge is -2.16. The van der Waals surface area contributed by atoms with Gasteiger partial charge in [-0.2, -0.15) is 0 Å². The summed E-state index contributed by atoms with van der Waals surface area (Å²) in [5.74, 6) is 0.111. The van der Waals surface area contributed by atoms with Crippen LogP contribution in [-0.2, 0) is 20.9 Å². The zero-order chi connectivity index (χ0) is 18.1. The topological polar surface area (TPSA) is 86.7 Å². The Hall–Kier alpha value is -1.67. The summed E-state index contributed by atoms with van der Waals surface area (Å²) in [5.41, 5.74) is 1.06. The highest BCUT2D eigenvalue weighted by Crippen LogP contribution is 2.22. The van der Waals surface area contributed by atoms with E-state index < -0.39 is 5.97 Å². The number of benzene rings is 1. The Morgan fingerprint density at radius 3 is 2.64 bits per heavy atom. The van der Waals surface area contributed by atoms with Gasteiger partial charge in [0.25, 0.3) is 0 Å². The Bertz CT molecular complexity index is 598. The predicted octanol–water partition coefficient (Wildman–Crippen LogP) is 2.01. The van der Waals surface area contributed by atoms with Gasteiger partial charge in [0, 0.05) is 37.6 Å². The summed E-state index contributed by atoms with van der Waals surface area (Å²) in [6, 6.07) is 9.75. The van der Waals surface area contributed by atoms with Crippen molar-refractivity contribution in [2.24, 2.45) is 5.92 Å². The van der Waals surface area contributed by atoms with E-state index in [9.17, 15) is 14.4 Å². The Kier molecular flexibility index (Phi) is 8.14. The summed E-state index contributed by atoms with van der Waals surface area (Å²) in [4.78, 5) is 36.4. The van der Waals surface area contributed by atoms with Crippen molar-refractivity contribution < 1.29 is 19.5 Å². The molecule has 0 radical (unpaired) electrons. The van der Waals surface area contributed by atoms with Crippen molar-refractivity contribution in [3.05, 3.63) is 35.9 Å². The van der Waals surface area contributed by atoms with Gasteiger partial charge >= 0.3 is 5.97 Å². The number of nitrogens with one attached hydrogen (secondary N) is 1. The average molecular weight is 383 g/mol. The van der Waals surface area contributed by atoms with Gasteiger partial charge in [-0.05, 0) is 5.56 Å². The smallest absolute Gasteiger partial charge is 0.304 e. The molecule has 1 saturated heterocycles. The van der Waals surface area contributed by atoms with Crippen molar-refractivity contribution in [1.29, 1.82) is 0 Å². The largest absolute Gasteiger partial charge is 0.481 e. The van der Waals surface area contributed by atoms with E-state index in [1.807, 2.05) is 30.3 Å². The number of aliphatic carboxylic acids is 1. The Labute approximate surface area is 155 Å². The quantitative estimate of drug-likeness (QED) is 0.475. The van der Waals surface area contributed by atoms with Crippen molar-refractivity contribution in [3.63, 3.8) is 0 Å². The molecule has 25 heavy (non-hydrogen) atoms. The van der Waals surface area contributed by atoms with Gasteiger partial charge in [0.2, 0.25) is 11.8 Å². The van der Waals surface area contributed by atoms with Crippen molar-refractivity contribution in [2.45, 2.75) is 19.4 Å². The fraction of sp³-hybridized carbons (Fsp3) is 0.471. The van der Waals surface area contributed by atoms with E-state index in [2.05, 4.69) is 5.32 Å². The van der Waals surface area contributed by atoms with Crippen molar-refractivity contribution in [1.82, 2.24) is 10.2 Å². The molecule has 0 aliphatic carbocycles. The number of nitrogens with zero attached hydrogens (tertiary/aromatic N) is 1. The van der Waals surface area contributed by atoms with Crippen LogP contribution in [0.15, 0.2) is 30.3 Å². The van der Waals surface area contributed by atoms with Crippen LogP contribution in [0.4, 0.5) is 0 Å². The molecule has 2 amide bonds. The van der Waals surface area contributed by atoms with Crippen LogP contribution in [0.2, 0.25) is 0 Å². The lowest BCUT2D eigenvalue weighted by atomic mass is 10.1. The maximum atomic E-state index is 12.2. The highest BCUT2D eigenvalue weighted by atomic mass is 33.1. The molecule has 1 unspecified atom stereocenters. The number of amides is 2. The van der Waals surface area contributed by atoms with Crippen LogP contribution in [0.5, 0.6) is 0 Å². The number of carbonyl (C=O) groups excluding carboxylic acids is 2. The first-order chi connectivity index (χ1) is 12.1. The van der Waals surface area contributed by atoms with Crippen LogP contribution >= 0.6 is 21.6 Å². The molecule has 2 N–H and O–H groups in total. The highest BCUT2D eigenvalue weighted by molar-refractivity contribution is 8.76. The summed E-state index contributed by atoms with van der Waals surface area (Å²) in [5, 5.41) is 11.4. The van der Waals surface area contributed by atoms with Gasteiger partial charge in [0.05, 0.1) is 12.3 Å². The van der Waals surface area contributed by atoms with Gasteiger partial charge in [-0.1, -0.05) is 51.9 Å². The zero-order valence-electron chi connectivity index (χ0n) is 13.8. The average Bonchev–Trinajstić information content (AvgIpc) is 2.95. The third kappa shape index (κ3) is 6.99. The second kappa shape index (κ2) is 10.4. The molecule has 0 spiro atoms. The highest BCUT2D eigenvalue weighted by Gasteiger charge is 2.33. The molecule has 0 saturated carbocycles. The van der Waals surface area contributed by atoms with E-state index in [1.54, 1.807) is 15.7 Å². The lowest BCUT2D eigenvalue weighted by molar-refractivity contribution is -0.136. The molecule has 1 aromatic carbocycles. The Balaban J connectivity index is 1.64. The summed E-state index contributed by atoms with van der Waals surface area (Å²) in [6.45, 7) is 1.52. The van der Waals surface area contributed by atoms with Crippen LogP contribution in [0.25, 0.3) is 0 Å². The summed E-state index contributed by atoms with van der Waals surface area (Å²) in [6.07, 6.45) is 0.407. The van der Waals surface area contributed by atoms with Crippen LogP contribution < -0.4 is 5.32 Å². The number of carboxylic acid groups (broad SMARTS) is 1. The molecular formula is C17H22N2O4S2. The number of carbonyl (C=O) groups is 3. The molecule has 1 aliphatic rings. The van der Waals surface area contributed by atoms with Gasteiger partial charge in [-0.25, -0.2) is 0 Å². The standard InChI is InChI=1S/C17H22N2O4S2/c20-15-10-14(12-19(15)11-13-4-2-1-3-5-13)17(23)18-7-9-25-24-8-6-16(21)22/h1-5,14H,6-12H2,(H,18,23)(H,21,22). The van der Waals surface area contributed by atoms with Crippen molar-refractivity contribution >= 4 is 39.4 Å². The summed E-state index contributed by atoms with van der Waals surface area (Å²) in [7, 11) is 3.03. The van der Waals surface area contributed by atoms with Gasteiger partial charge in [0.1, 0.15) is 0 Å². The van der Waals surface area contributed by atoms with E-state index in [-0.39, 0.29) is 30.6 Å². The maximum absolute atomic E-state index is 12.2. The fourth-order valence-electron chi connectivity index (χ4n) is 2.51. The molecule has 1 fully saturated rings. The molecular weight excluding hydrogens is 360 g/mol.